The Morgan fingerprint density at radius 3 is 3.06 bits per heavy atom. The molecule has 0 radical (unpaired) electrons. The molecular weight excluding hydrogens is 252 g/mol. The van der Waals surface area contributed by atoms with Crippen molar-refractivity contribution in [2.45, 2.75) is 18.2 Å². The molecular formula is C12H12N2O3S. The standard InChI is InChI=1S/C12H12N2O3S/c1-2-17-12(15)6-9-7-18-11-5-8(14-16)3-4-10(11)13-9/h3-5,7,13H,2,6H2,1H3. The lowest BCUT2D eigenvalue weighted by Gasteiger charge is -2.18. The van der Waals surface area contributed by atoms with Gasteiger partial charge in [-0.2, -0.15) is 0 Å². The minimum atomic E-state index is -0.258. The Morgan fingerprint density at radius 2 is 2.33 bits per heavy atom. The number of thioether (sulfide) groups is 1. The average molecular weight is 264 g/mol. The number of nitroso groups, excluding NO2 is 1. The summed E-state index contributed by atoms with van der Waals surface area (Å²) >= 11 is 1.46. The van der Waals surface area contributed by atoms with Crippen LogP contribution in [0.4, 0.5) is 11.4 Å². The molecule has 1 aliphatic rings. The van der Waals surface area contributed by atoms with E-state index in [9.17, 15) is 9.70 Å². The number of nitrogens with zero attached hydrogens (tertiary/aromatic N) is 1. The number of hydrogen-bond acceptors (Lipinski definition) is 6. The Balaban J connectivity index is 2.07. The summed E-state index contributed by atoms with van der Waals surface area (Å²) in [6.45, 7) is 2.16. The van der Waals surface area contributed by atoms with E-state index in [1.807, 2.05) is 5.41 Å². The van der Waals surface area contributed by atoms with Gasteiger partial charge in [0.25, 0.3) is 0 Å². The maximum atomic E-state index is 11.4. The third-order valence-corrected chi connectivity index (χ3v) is 3.33. The van der Waals surface area contributed by atoms with Crippen molar-refractivity contribution in [3.8, 4) is 0 Å². The Hall–Kier alpha value is -1.82. The third-order valence-electron chi connectivity index (χ3n) is 2.33. The van der Waals surface area contributed by atoms with Crippen LogP contribution in [0, 0.1) is 4.91 Å². The first kappa shape index (κ1) is 12.6. The van der Waals surface area contributed by atoms with E-state index in [-0.39, 0.29) is 12.4 Å². The highest BCUT2D eigenvalue weighted by Crippen LogP contribution is 2.37. The van der Waals surface area contributed by atoms with E-state index in [0.29, 0.717) is 12.3 Å². The number of benzene rings is 1. The number of fused-ring (bicyclic) bond motifs is 1. The molecule has 0 unspecified atom stereocenters. The van der Waals surface area contributed by atoms with Crippen LogP contribution >= 0.6 is 11.8 Å². The van der Waals surface area contributed by atoms with Crippen LogP contribution in [-0.4, -0.2) is 12.6 Å². The molecule has 1 aromatic rings. The molecule has 0 bridgehead atoms. The van der Waals surface area contributed by atoms with Gasteiger partial charge < -0.3 is 10.1 Å². The molecule has 1 aliphatic heterocycles. The topological polar surface area (TPSA) is 67.8 Å². The first-order chi connectivity index (χ1) is 8.72. The zero-order valence-corrected chi connectivity index (χ0v) is 10.6. The molecule has 0 saturated carbocycles. The van der Waals surface area contributed by atoms with Gasteiger partial charge in [-0.1, -0.05) is 11.8 Å². The van der Waals surface area contributed by atoms with Crippen LogP contribution in [0.2, 0.25) is 0 Å². The molecule has 0 saturated heterocycles. The predicted octanol–water partition coefficient (Wildman–Crippen LogP) is 3.40. The molecule has 0 aromatic heterocycles. The summed E-state index contributed by atoms with van der Waals surface area (Å²) in [4.78, 5) is 22.7. The normalized spacial score (nSPS) is 13.1. The van der Waals surface area contributed by atoms with Crippen molar-refractivity contribution < 1.29 is 9.53 Å². The summed E-state index contributed by atoms with van der Waals surface area (Å²) in [5.41, 5.74) is 2.05. The Kier molecular flexibility index (Phi) is 3.99. The van der Waals surface area contributed by atoms with Gasteiger partial charge in [0.15, 0.2) is 0 Å². The number of nitrogens with one attached hydrogen (secondary N) is 1. The number of rotatable bonds is 4. The number of ether oxygens (including phenoxy) is 1. The van der Waals surface area contributed by atoms with E-state index >= 15 is 0 Å². The van der Waals surface area contributed by atoms with Crippen molar-refractivity contribution in [3.05, 3.63) is 34.2 Å². The van der Waals surface area contributed by atoms with Crippen LogP contribution < -0.4 is 5.32 Å². The third kappa shape index (κ3) is 2.89. The summed E-state index contributed by atoms with van der Waals surface area (Å²) in [5.74, 6) is -0.258. The van der Waals surface area contributed by atoms with Crippen molar-refractivity contribution in [2.75, 3.05) is 11.9 Å². The quantitative estimate of drug-likeness (QED) is 0.666. The van der Waals surface area contributed by atoms with Crippen molar-refractivity contribution in [1.29, 1.82) is 0 Å². The zero-order valence-electron chi connectivity index (χ0n) is 9.80. The van der Waals surface area contributed by atoms with Gasteiger partial charge in [-0.05, 0) is 35.7 Å². The van der Waals surface area contributed by atoms with Crippen LogP contribution in [0.5, 0.6) is 0 Å². The van der Waals surface area contributed by atoms with Crippen LogP contribution in [0.25, 0.3) is 0 Å². The van der Waals surface area contributed by atoms with Gasteiger partial charge in [-0.3, -0.25) is 4.79 Å². The Labute approximate surface area is 109 Å². The second kappa shape index (κ2) is 5.68. The van der Waals surface area contributed by atoms with Gasteiger partial charge in [-0.15, -0.1) is 4.91 Å². The maximum absolute atomic E-state index is 11.4. The molecule has 0 amide bonds. The van der Waals surface area contributed by atoms with Gasteiger partial charge in [0.1, 0.15) is 5.69 Å². The first-order valence-corrected chi connectivity index (χ1v) is 6.36. The van der Waals surface area contributed by atoms with Gasteiger partial charge in [-0.25, -0.2) is 0 Å². The molecule has 1 aromatic carbocycles. The highest BCUT2D eigenvalue weighted by atomic mass is 32.2. The first-order valence-electron chi connectivity index (χ1n) is 5.48. The van der Waals surface area contributed by atoms with Crippen molar-refractivity contribution in [3.63, 3.8) is 0 Å². The van der Waals surface area contributed by atoms with Crippen molar-refractivity contribution >= 4 is 29.1 Å². The molecule has 2 rings (SSSR count). The smallest absolute Gasteiger partial charge is 0.311 e. The fourth-order valence-electron chi connectivity index (χ4n) is 1.56. The Bertz CT molecular complexity index is 514. The number of carbonyl (C=O) groups is 1. The molecule has 94 valence electrons. The number of carbonyl (C=O) groups excluding carboxylic acids is 1. The highest BCUT2D eigenvalue weighted by molar-refractivity contribution is 8.02. The highest BCUT2D eigenvalue weighted by Gasteiger charge is 2.14. The lowest BCUT2D eigenvalue weighted by atomic mass is 10.2. The largest absolute Gasteiger partial charge is 0.466 e. The number of anilines is 1. The van der Waals surface area contributed by atoms with E-state index in [0.717, 1.165) is 16.3 Å². The van der Waals surface area contributed by atoms with E-state index in [2.05, 4.69) is 10.5 Å². The molecule has 0 spiro atoms. The fourth-order valence-corrected chi connectivity index (χ4v) is 2.41. The Morgan fingerprint density at radius 1 is 1.50 bits per heavy atom. The van der Waals surface area contributed by atoms with E-state index in [4.69, 9.17) is 4.74 Å². The van der Waals surface area contributed by atoms with Gasteiger partial charge >= 0.3 is 5.97 Å². The summed E-state index contributed by atoms with van der Waals surface area (Å²) in [6.07, 6.45) is 0.216. The lowest BCUT2D eigenvalue weighted by molar-refractivity contribution is -0.142. The number of hydrogen-bond donors (Lipinski definition) is 1. The molecule has 1 N–H and O–H groups in total. The number of esters is 1. The molecule has 0 aliphatic carbocycles. The molecule has 5 nitrogen and oxygen atoms in total. The second-order valence-corrected chi connectivity index (χ2v) is 4.55. The van der Waals surface area contributed by atoms with Gasteiger partial charge in [0.05, 0.1) is 18.7 Å². The van der Waals surface area contributed by atoms with Gasteiger partial charge in [0, 0.05) is 10.6 Å². The van der Waals surface area contributed by atoms with E-state index < -0.39 is 0 Å². The van der Waals surface area contributed by atoms with Crippen LogP contribution in [0.3, 0.4) is 0 Å². The summed E-state index contributed by atoms with van der Waals surface area (Å²) in [5, 5.41) is 7.86. The lowest BCUT2D eigenvalue weighted by Crippen LogP contribution is -2.11. The van der Waals surface area contributed by atoms with Crippen molar-refractivity contribution in [1.82, 2.24) is 0 Å². The molecule has 0 atom stereocenters. The minimum absolute atomic E-state index is 0.216. The van der Waals surface area contributed by atoms with E-state index in [1.165, 1.54) is 11.8 Å². The molecule has 1 heterocycles. The predicted molar refractivity (Wildman–Crippen MR) is 70.7 cm³/mol. The summed E-state index contributed by atoms with van der Waals surface area (Å²) in [6, 6.07) is 5.11. The SMILES string of the molecule is CCOC(=O)CC1=CSc2cc(N=O)ccc2N1. The van der Waals surface area contributed by atoms with Crippen LogP contribution in [0.15, 0.2) is 39.4 Å². The van der Waals surface area contributed by atoms with Crippen molar-refractivity contribution in [2.24, 2.45) is 5.18 Å². The molecule has 6 heteroatoms. The summed E-state index contributed by atoms with van der Waals surface area (Å²) < 4.78 is 4.88. The van der Waals surface area contributed by atoms with Crippen LogP contribution in [0.1, 0.15) is 13.3 Å². The second-order valence-electron chi connectivity index (χ2n) is 3.64. The monoisotopic (exact) mass is 264 g/mol. The average Bonchev–Trinajstić information content (AvgIpc) is 2.38. The molecule has 18 heavy (non-hydrogen) atoms. The van der Waals surface area contributed by atoms with E-state index in [1.54, 1.807) is 25.1 Å². The van der Waals surface area contributed by atoms with Gasteiger partial charge in [0.2, 0.25) is 0 Å². The van der Waals surface area contributed by atoms with Crippen LogP contribution in [-0.2, 0) is 9.53 Å². The fraction of sp³-hybridized carbons (Fsp3) is 0.250. The summed E-state index contributed by atoms with van der Waals surface area (Å²) in [7, 11) is 0. The maximum Gasteiger partial charge on any atom is 0.311 e. The minimum Gasteiger partial charge on any atom is -0.466 e. The zero-order chi connectivity index (χ0) is 13.0. The molecule has 0 fully saturated rings.